The molecule has 146 valence electrons. The van der Waals surface area contributed by atoms with Gasteiger partial charge >= 0.3 is 6.03 Å². The molecule has 0 aliphatic rings. The lowest BCUT2D eigenvalue weighted by atomic mass is 10.1. The van der Waals surface area contributed by atoms with E-state index in [9.17, 15) is 4.79 Å². The van der Waals surface area contributed by atoms with Gasteiger partial charge in [0.1, 0.15) is 11.3 Å². The molecule has 2 amide bonds. The zero-order valence-corrected chi connectivity index (χ0v) is 16.7. The van der Waals surface area contributed by atoms with Gasteiger partial charge < -0.3 is 15.1 Å². The molecule has 0 saturated carbocycles. The predicted octanol–water partition coefficient (Wildman–Crippen LogP) is 5.14. The number of amides is 2. The summed E-state index contributed by atoms with van der Waals surface area (Å²) in [7, 11) is 0. The number of carbonyl (C=O) groups excluding carboxylic acids is 1. The Bertz CT molecular complexity index is 1090. The molecule has 0 bridgehead atoms. The van der Waals surface area contributed by atoms with Crippen molar-refractivity contribution in [3.8, 4) is 22.0 Å². The van der Waals surface area contributed by atoms with Crippen molar-refractivity contribution < 1.29 is 9.21 Å². The van der Waals surface area contributed by atoms with Gasteiger partial charge in [-0.3, -0.25) is 0 Å². The third kappa shape index (κ3) is 4.89. The van der Waals surface area contributed by atoms with Gasteiger partial charge in [-0.1, -0.05) is 29.8 Å². The minimum Gasteiger partial charge on any atom is -0.444 e. The van der Waals surface area contributed by atoms with Crippen molar-refractivity contribution >= 4 is 23.1 Å². The Balaban J connectivity index is 1.28. The highest BCUT2D eigenvalue weighted by molar-refractivity contribution is 7.13. The summed E-state index contributed by atoms with van der Waals surface area (Å²) in [6.07, 6.45) is 3.98. The Hall–Kier alpha value is -3.45. The molecule has 2 aromatic heterocycles. The minimum atomic E-state index is -0.261. The van der Waals surface area contributed by atoms with Crippen molar-refractivity contribution in [2.45, 2.75) is 13.3 Å². The number of aromatic nitrogens is 2. The van der Waals surface area contributed by atoms with Gasteiger partial charge in [-0.05, 0) is 31.2 Å². The van der Waals surface area contributed by atoms with Crippen molar-refractivity contribution in [1.29, 1.82) is 0 Å². The Labute approximate surface area is 172 Å². The van der Waals surface area contributed by atoms with Crippen LogP contribution in [-0.2, 0) is 6.42 Å². The molecule has 0 aliphatic carbocycles. The van der Waals surface area contributed by atoms with Crippen molar-refractivity contribution in [3.63, 3.8) is 0 Å². The van der Waals surface area contributed by atoms with Gasteiger partial charge in [0.2, 0.25) is 5.89 Å². The van der Waals surface area contributed by atoms with E-state index < -0.39 is 0 Å². The molecule has 6 nitrogen and oxygen atoms in total. The smallest absolute Gasteiger partial charge is 0.319 e. The molecular weight excluding hydrogens is 384 g/mol. The summed E-state index contributed by atoms with van der Waals surface area (Å²) >= 11 is 1.56. The van der Waals surface area contributed by atoms with E-state index in [0.29, 0.717) is 18.9 Å². The van der Waals surface area contributed by atoms with Crippen molar-refractivity contribution in [2.24, 2.45) is 0 Å². The number of carbonyl (C=O) groups is 1. The highest BCUT2D eigenvalue weighted by Gasteiger charge is 2.08. The standard InChI is InChI=1S/C22H20N4O2S/c1-15-5-7-16(8-6-15)20-25-19(14-28-20)9-10-24-22(27)26-18-4-2-3-17(13-18)21-23-11-12-29-21/h2-8,11-14H,9-10H2,1H3,(H2,24,26,27). The summed E-state index contributed by atoms with van der Waals surface area (Å²) < 4.78 is 5.55. The molecule has 7 heteroatoms. The normalized spacial score (nSPS) is 10.7. The fourth-order valence-electron chi connectivity index (χ4n) is 2.83. The molecule has 0 radical (unpaired) electrons. The van der Waals surface area contributed by atoms with Crippen LogP contribution in [0.4, 0.5) is 10.5 Å². The molecule has 0 atom stereocenters. The fraction of sp³-hybridized carbons (Fsp3) is 0.136. The Kier molecular flexibility index (Phi) is 5.67. The Morgan fingerprint density at radius 2 is 2.00 bits per heavy atom. The van der Waals surface area contributed by atoms with Crippen molar-refractivity contribution in [1.82, 2.24) is 15.3 Å². The van der Waals surface area contributed by atoms with Crippen LogP contribution in [0.25, 0.3) is 22.0 Å². The number of thiazole rings is 1. The SMILES string of the molecule is Cc1ccc(-c2nc(CCNC(=O)Nc3cccc(-c4nccs4)c3)co2)cc1. The summed E-state index contributed by atoms with van der Waals surface area (Å²) in [5, 5.41) is 8.54. The number of anilines is 1. The van der Waals surface area contributed by atoms with Crippen LogP contribution in [-0.4, -0.2) is 22.5 Å². The number of nitrogens with zero attached hydrogens (tertiary/aromatic N) is 2. The third-order valence-corrected chi connectivity index (χ3v) is 5.14. The van der Waals surface area contributed by atoms with Gasteiger partial charge in [0.05, 0.1) is 5.69 Å². The Morgan fingerprint density at radius 3 is 2.79 bits per heavy atom. The van der Waals surface area contributed by atoms with Gasteiger partial charge in [-0.25, -0.2) is 14.8 Å². The molecule has 0 spiro atoms. The molecule has 0 fully saturated rings. The van der Waals surface area contributed by atoms with E-state index in [1.165, 1.54) is 5.56 Å². The number of nitrogens with one attached hydrogen (secondary N) is 2. The first kappa shape index (κ1) is 18.9. The zero-order chi connectivity index (χ0) is 20.1. The van der Waals surface area contributed by atoms with E-state index in [4.69, 9.17) is 4.42 Å². The van der Waals surface area contributed by atoms with E-state index >= 15 is 0 Å². The maximum atomic E-state index is 12.2. The van der Waals surface area contributed by atoms with E-state index in [1.807, 2.05) is 60.8 Å². The van der Waals surface area contributed by atoms with E-state index in [1.54, 1.807) is 23.8 Å². The molecule has 2 heterocycles. The topological polar surface area (TPSA) is 80.0 Å². The first-order valence-electron chi connectivity index (χ1n) is 9.23. The van der Waals surface area contributed by atoms with Crippen LogP contribution in [0.1, 0.15) is 11.3 Å². The lowest BCUT2D eigenvalue weighted by Crippen LogP contribution is -2.30. The number of benzene rings is 2. The predicted molar refractivity (Wildman–Crippen MR) is 115 cm³/mol. The summed E-state index contributed by atoms with van der Waals surface area (Å²) in [6.45, 7) is 2.49. The van der Waals surface area contributed by atoms with Crippen LogP contribution in [0.5, 0.6) is 0 Å². The van der Waals surface area contributed by atoms with Crippen LogP contribution in [0.3, 0.4) is 0 Å². The maximum Gasteiger partial charge on any atom is 0.319 e. The van der Waals surface area contributed by atoms with E-state index in [-0.39, 0.29) is 6.03 Å². The molecule has 0 saturated heterocycles. The van der Waals surface area contributed by atoms with Crippen molar-refractivity contribution in [3.05, 3.63) is 77.6 Å². The van der Waals surface area contributed by atoms with Crippen molar-refractivity contribution in [2.75, 3.05) is 11.9 Å². The highest BCUT2D eigenvalue weighted by atomic mass is 32.1. The third-order valence-electron chi connectivity index (χ3n) is 4.32. The van der Waals surface area contributed by atoms with Gasteiger partial charge in [-0.2, -0.15) is 0 Å². The average Bonchev–Trinajstić information content (AvgIpc) is 3.41. The Morgan fingerprint density at radius 1 is 1.14 bits per heavy atom. The fourth-order valence-corrected chi connectivity index (χ4v) is 3.46. The number of urea groups is 1. The molecule has 4 rings (SSSR count). The zero-order valence-electron chi connectivity index (χ0n) is 15.9. The van der Waals surface area contributed by atoms with Crippen LogP contribution in [0.2, 0.25) is 0 Å². The number of aryl methyl sites for hydroxylation is 1. The molecule has 0 unspecified atom stereocenters. The van der Waals surface area contributed by atoms with Gasteiger partial charge in [-0.15, -0.1) is 11.3 Å². The van der Waals surface area contributed by atoms with Gasteiger partial charge in [0, 0.05) is 41.4 Å². The molecule has 2 N–H and O–H groups in total. The molecular formula is C22H20N4O2S. The molecule has 29 heavy (non-hydrogen) atoms. The van der Waals surface area contributed by atoms with Crippen LogP contribution in [0, 0.1) is 6.92 Å². The first-order chi connectivity index (χ1) is 14.2. The first-order valence-corrected chi connectivity index (χ1v) is 10.1. The van der Waals surface area contributed by atoms with E-state index in [0.717, 1.165) is 27.5 Å². The highest BCUT2D eigenvalue weighted by Crippen LogP contribution is 2.24. The molecule has 4 aromatic rings. The molecule has 2 aromatic carbocycles. The maximum absolute atomic E-state index is 12.2. The second-order valence-corrected chi connectivity index (χ2v) is 7.45. The summed E-state index contributed by atoms with van der Waals surface area (Å²) in [5.41, 5.74) is 4.62. The van der Waals surface area contributed by atoms with Gasteiger partial charge in [0.25, 0.3) is 0 Å². The van der Waals surface area contributed by atoms with Gasteiger partial charge in [0.15, 0.2) is 0 Å². The van der Waals surface area contributed by atoms with Crippen LogP contribution in [0.15, 0.2) is 70.8 Å². The summed E-state index contributed by atoms with van der Waals surface area (Å²) in [5.74, 6) is 0.587. The largest absolute Gasteiger partial charge is 0.444 e. The quantitative estimate of drug-likeness (QED) is 0.466. The second kappa shape index (κ2) is 8.70. The van der Waals surface area contributed by atoms with E-state index in [2.05, 4.69) is 20.6 Å². The van der Waals surface area contributed by atoms with Crippen LogP contribution >= 0.6 is 11.3 Å². The monoisotopic (exact) mass is 404 g/mol. The average molecular weight is 404 g/mol. The number of rotatable bonds is 6. The summed E-state index contributed by atoms with van der Waals surface area (Å²) in [4.78, 5) is 21.0. The number of oxazole rings is 1. The van der Waals surface area contributed by atoms with Crippen LogP contribution < -0.4 is 10.6 Å². The molecule has 0 aliphatic heterocycles. The lowest BCUT2D eigenvalue weighted by molar-refractivity contribution is 0.252. The number of hydrogen-bond acceptors (Lipinski definition) is 5. The second-order valence-electron chi connectivity index (χ2n) is 6.56. The minimum absolute atomic E-state index is 0.261. The lowest BCUT2D eigenvalue weighted by Gasteiger charge is -2.08. The summed E-state index contributed by atoms with van der Waals surface area (Å²) in [6, 6.07) is 15.4. The number of hydrogen-bond donors (Lipinski definition) is 2.